The van der Waals surface area contributed by atoms with Gasteiger partial charge in [0.05, 0.1) is 0 Å². The minimum Gasteiger partial charge on any atom is -0.480 e. The van der Waals surface area contributed by atoms with Crippen LogP contribution in [0.25, 0.3) is 0 Å². The van der Waals surface area contributed by atoms with E-state index in [0.717, 1.165) is 3.57 Å². The van der Waals surface area contributed by atoms with Gasteiger partial charge in [-0.2, -0.15) is 0 Å². The minimum absolute atomic E-state index is 0.135. The third-order valence-electron chi connectivity index (χ3n) is 1.43. The summed E-state index contributed by atoms with van der Waals surface area (Å²) < 4.78 is 0.800. The molecule has 0 aliphatic carbocycles. The maximum absolute atomic E-state index is 10.5. The van der Waals surface area contributed by atoms with Gasteiger partial charge in [0, 0.05) is 15.3 Å². The number of aliphatic carboxylic acids is 1. The van der Waals surface area contributed by atoms with Crippen LogP contribution < -0.4 is 5.73 Å². The first kappa shape index (κ1) is 10.7. The van der Waals surface area contributed by atoms with Gasteiger partial charge in [0.1, 0.15) is 11.2 Å². The first-order valence-electron chi connectivity index (χ1n) is 3.31. The molecule has 1 atom stereocenters. The molecule has 3 N–H and O–H groups in total. The predicted octanol–water partition coefficient (Wildman–Crippen LogP) is 1.42. The number of aromatic nitrogens is 1. The van der Waals surface area contributed by atoms with E-state index in [-0.39, 0.29) is 5.15 Å². The fourth-order valence-electron chi connectivity index (χ4n) is 0.789. The Morgan fingerprint density at radius 3 is 2.92 bits per heavy atom. The van der Waals surface area contributed by atoms with E-state index in [1.54, 1.807) is 12.3 Å². The number of hydrogen-bond acceptors (Lipinski definition) is 3. The molecule has 0 saturated heterocycles. The second-order valence-corrected chi connectivity index (χ2v) is 3.95. The van der Waals surface area contributed by atoms with Crippen LogP contribution in [0.2, 0.25) is 5.15 Å². The molecule has 1 rings (SSSR count). The smallest absolute Gasteiger partial charge is 0.325 e. The topological polar surface area (TPSA) is 76.2 Å². The molecule has 0 unspecified atom stereocenters. The van der Waals surface area contributed by atoms with Gasteiger partial charge in [-0.05, 0) is 28.7 Å². The van der Waals surface area contributed by atoms with E-state index in [2.05, 4.69) is 4.98 Å². The summed E-state index contributed by atoms with van der Waals surface area (Å²) in [5, 5.41) is 8.77. The number of carbonyl (C=O) groups is 1. The van der Waals surface area contributed by atoms with Crippen LogP contribution in [0.1, 0.15) is 11.6 Å². The SMILES string of the molecule is N[C@@H](C(=O)O)c1cc(I)cnc1Cl. The number of rotatable bonds is 2. The molecule has 0 radical (unpaired) electrons. The number of carboxylic acids is 1. The highest BCUT2D eigenvalue weighted by atomic mass is 127. The molecular weight excluding hydrogens is 306 g/mol. The number of hydrogen-bond donors (Lipinski definition) is 2. The molecule has 1 aromatic heterocycles. The van der Waals surface area contributed by atoms with E-state index in [1.165, 1.54) is 0 Å². The maximum atomic E-state index is 10.5. The van der Waals surface area contributed by atoms with Crippen molar-refractivity contribution in [2.75, 3.05) is 0 Å². The van der Waals surface area contributed by atoms with Gasteiger partial charge in [-0.25, -0.2) is 4.98 Å². The van der Waals surface area contributed by atoms with Crippen molar-refractivity contribution < 1.29 is 9.90 Å². The first-order chi connectivity index (χ1) is 6.02. The highest BCUT2D eigenvalue weighted by Crippen LogP contribution is 2.21. The van der Waals surface area contributed by atoms with Gasteiger partial charge in [-0.3, -0.25) is 4.79 Å². The molecule has 6 heteroatoms. The maximum Gasteiger partial charge on any atom is 0.325 e. The van der Waals surface area contributed by atoms with E-state index in [0.29, 0.717) is 5.56 Å². The van der Waals surface area contributed by atoms with Crippen LogP contribution in [0.15, 0.2) is 12.3 Å². The van der Waals surface area contributed by atoms with E-state index in [9.17, 15) is 4.79 Å². The Hall–Kier alpha value is -0.400. The van der Waals surface area contributed by atoms with Crippen molar-refractivity contribution in [2.45, 2.75) is 6.04 Å². The van der Waals surface area contributed by atoms with Crippen molar-refractivity contribution in [2.24, 2.45) is 5.73 Å². The standard InChI is InChI=1S/C7H6ClIN2O2/c8-6-4(5(10)7(12)13)1-3(9)2-11-6/h1-2,5H,10H2,(H,12,13)/t5-/m1/s1. The van der Waals surface area contributed by atoms with Crippen LogP contribution in [-0.4, -0.2) is 16.1 Å². The number of pyridine rings is 1. The van der Waals surface area contributed by atoms with Crippen molar-refractivity contribution >= 4 is 40.2 Å². The number of nitrogens with zero attached hydrogens (tertiary/aromatic N) is 1. The molecular formula is C7H6ClIN2O2. The molecule has 13 heavy (non-hydrogen) atoms. The van der Waals surface area contributed by atoms with E-state index >= 15 is 0 Å². The van der Waals surface area contributed by atoms with Crippen molar-refractivity contribution in [3.05, 3.63) is 26.5 Å². The van der Waals surface area contributed by atoms with E-state index in [1.807, 2.05) is 22.6 Å². The van der Waals surface area contributed by atoms with Crippen LogP contribution in [0.3, 0.4) is 0 Å². The Bertz CT molecular complexity index is 345. The molecule has 0 fully saturated rings. The van der Waals surface area contributed by atoms with Crippen molar-refractivity contribution in [1.82, 2.24) is 4.98 Å². The summed E-state index contributed by atoms with van der Waals surface area (Å²) >= 11 is 7.69. The quantitative estimate of drug-likeness (QED) is 0.640. The zero-order valence-electron chi connectivity index (χ0n) is 6.37. The molecule has 1 aromatic rings. The second-order valence-electron chi connectivity index (χ2n) is 2.35. The van der Waals surface area contributed by atoms with Crippen LogP contribution in [0.4, 0.5) is 0 Å². The summed E-state index contributed by atoms with van der Waals surface area (Å²) in [5.41, 5.74) is 5.71. The van der Waals surface area contributed by atoms with Gasteiger partial charge in [0.15, 0.2) is 0 Å². The summed E-state index contributed by atoms with van der Waals surface area (Å²) in [4.78, 5) is 14.3. The molecule has 0 aliphatic heterocycles. The number of halogens is 2. The Kier molecular flexibility index (Phi) is 3.46. The van der Waals surface area contributed by atoms with Gasteiger partial charge in [0.2, 0.25) is 0 Å². The zero-order valence-corrected chi connectivity index (χ0v) is 9.28. The molecule has 0 spiro atoms. The molecule has 4 nitrogen and oxygen atoms in total. The highest BCUT2D eigenvalue weighted by molar-refractivity contribution is 14.1. The Morgan fingerprint density at radius 1 is 1.77 bits per heavy atom. The summed E-state index contributed by atoms with van der Waals surface area (Å²) in [6.07, 6.45) is 1.54. The summed E-state index contributed by atoms with van der Waals surface area (Å²) in [6, 6.07) is 0.490. The van der Waals surface area contributed by atoms with Crippen molar-refractivity contribution in [3.8, 4) is 0 Å². The van der Waals surface area contributed by atoms with Gasteiger partial charge in [-0.15, -0.1) is 0 Å². The van der Waals surface area contributed by atoms with Gasteiger partial charge in [0.25, 0.3) is 0 Å². The van der Waals surface area contributed by atoms with Crippen molar-refractivity contribution in [3.63, 3.8) is 0 Å². The lowest BCUT2D eigenvalue weighted by Crippen LogP contribution is -2.21. The summed E-state index contributed by atoms with van der Waals surface area (Å²) in [5.74, 6) is -1.12. The summed E-state index contributed by atoms with van der Waals surface area (Å²) in [7, 11) is 0. The average molecular weight is 312 g/mol. The molecule has 0 bridgehead atoms. The van der Waals surface area contributed by atoms with Crippen LogP contribution in [0, 0.1) is 3.57 Å². The van der Waals surface area contributed by atoms with Gasteiger partial charge < -0.3 is 10.8 Å². The zero-order chi connectivity index (χ0) is 10.0. The third kappa shape index (κ3) is 2.52. The molecule has 0 amide bonds. The Balaban J connectivity index is 3.12. The fraction of sp³-hybridized carbons (Fsp3) is 0.143. The van der Waals surface area contributed by atoms with Crippen LogP contribution >= 0.6 is 34.2 Å². The lowest BCUT2D eigenvalue weighted by atomic mass is 10.1. The Morgan fingerprint density at radius 2 is 2.38 bits per heavy atom. The van der Waals surface area contributed by atoms with E-state index < -0.39 is 12.0 Å². The second kappa shape index (κ2) is 4.21. The van der Waals surface area contributed by atoms with Crippen molar-refractivity contribution in [1.29, 1.82) is 0 Å². The lowest BCUT2D eigenvalue weighted by Gasteiger charge is -2.07. The average Bonchev–Trinajstić information content (AvgIpc) is 2.08. The normalized spacial score (nSPS) is 12.5. The lowest BCUT2D eigenvalue weighted by molar-refractivity contribution is -0.138. The molecule has 0 saturated carbocycles. The number of nitrogens with two attached hydrogens (primary N) is 1. The molecule has 0 aliphatic rings. The molecule has 1 heterocycles. The monoisotopic (exact) mass is 312 g/mol. The first-order valence-corrected chi connectivity index (χ1v) is 4.77. The minimum atomic E-state index is -1.12. The fourth-order valence-corrected chi connectivity index (χ4v) is 1.49. The predicted molar refractivity (Wildman–Crippen MR) is 56.5 cm³/mol. The number of carboxylic acid groups (broad SMARTS) is 1. The van der Waals surface area contributed by atoms with Crippen LogP contribution in [-0.2, 0) is 4.79 Å². The van der Waals surface area contributed by atoms with Gasteiger partial charge in [-0.1, -0.05) is 11.6 Å². The van der Waals surface area contributed by atoms with E-state index in [4.69, 9.17) is 22.4 Å². The summed E-state index contributed by atoms with van der Waals surface area (Å²) in [6.45, 7) is 0. The Labute approximate surface area is 93.2 Å². The molecule has 0 aromatic carbocycles. The van der Waals surface area contributed by atoms with Gasteiger partial charge >= 0.3 is 5.97 Å². The largest absolute Gasteiger partial charge is 0.480 e. The van der Waals surface area contributed by atoms with Crippen LogP contribution in [0.5, 0.6) is 0 Å². The molecule has 70 valence electrons. The highest BCUT2D eigenvalue weighted by Gasteiger charge is 2.18. The third-order valence-corrected chi connectivity index (χ3v) is 2.34.